The van der Waals surface area contributed by atoms with Gasteiger partial charge in [0.25, 0.3) is 0 Å². The zero-order chi connectivity index (χ0) is 18.4. The highest BCUT2D eigenvalue weighted by molar-refractivity contribution is 5.81. The molecule has 8 nitrogen and oxygen atoms in total. The van der Waals surface area contributed by atoms with Gasteiger partial charge in [-0.05, 0) is 12.1 Å². The normalized spacial score (nSPS) is 22.4. The minimum Gasteiger partial charge on any atom is -0.493 e. The first-order chi connectivity index (χ1) is 13.2. The van der Waals surface area contributed by atoms with Gasteiger partial charge in [0.2, 0.25) is 5.88 Å². The number of aromatic hydroxyl groups is 1. The molecule has 0 spiro atoms. The predicted octanol–water partition coefficient (Wildman–Crippen LogP) is 1.30. The molecule has 2 aromatic heterocycles. The Hall–Kier alpha value is -2.78. The van der Waals surface area contributed by atoms with Crippen LogP contribution in [0.1, 0.15) is 5.82 Å². The van der Waals surface area contributed by atoms with Gasteiger partial charge >= 0.3 is 0 Å². The van der Waals surface area contributed by atoms with E-state index >= 15 is 0 Å². The van der Waals surface area contributed by atoms with E-state index in [2.05, 4.69) is 20.0 Å². The number of benzene rings is 1. The predicted molar refractivity (Wildman–Crippen MR) is 93.7 cm³/mol. The lowest BCUT2D eigenvalue weighted by Crippen LogP contribution is -2.45. The average Bonchev–Trinajstić information content (AvgIpc) is 3.06. The molecule has 4 heterocycles. The lowest BCUT2D eigenvalue weighted by molar-refractivity contribution is -0.0313. The summed E-state index contributed by atoms with van der Waals surface area (Å²) in [5, 5.41) is 15.1. The van der Waals surface area contributed by atoms with Gasteiger partial charge in [0, 0.05) is 32.1 Å². The number of hydrogen-bond acceptors (Lipinski definition) is 7. The molecule has 2 aliphatic heterocycles. The van der Waals surface area contributed by atoms with Crippen LogP contribution in [-0.4, -0.2) is 68.7 Å². The summed E-state index contributed by atoms with van der Waals surface area (Å²) in [5.74, 6) is 0.341. The minimum atomic E-state index is -0.390. The Morgan fingerprint density at radius 2 is 2.07 bits per heavy atom. The van der Waals surface area contributed by atoms with Gasteiger partial charge < -0.3 is 14.6 Å². The molecule has 0 saturated carbocycles. The highest BCUT2D eigenvalue weighted by Gasteiger charge is 2.24. The van der Waals surface area contributed by atoms with E-state index in [0.717, 1.165) is 13.1 Å². The molecule has 0 radical (unpaired) electrons. The van der Waals surface area contributed by atoms with Crippen molar-refractivity contribution in [3.63, 3.8) is 0 Å². The van der Waals surface area contributed by atoms with Gasteiger partial charge in [-0.25, -0.2) is 14.1 Å². The molecule has 1 aromatic carbocycles. The SMILES string of the molecule is Oc1nc2nc3c1cnn3-c1ccc(F)cc1OCCN1CCOC(C2)C1. The highest BCUT2D eigenvalue weighted by Crippen LogP contribution is 2.29. The van der Waals surface area contributed by atoms with E-state index in [4.69, 9.17) is 9.47 Å². The second-order valence-electron chi connectivity index (χ2n) is 6.72. The summed E-state index contributed by atoms with van der Waals surface area (Å²) in [6, 6.07) is 4.28. The maximum atomic E-state index is 13.8. The Kier molecular flexibility index (Phi) is 3.91. The van der Waals surface area contributed by atoms with Crippen LogP contribution >= 0.6 is 0 Å². The number of ether oxygens (including phenoxy) is 2. The van der Waals surface area contributed by atoms with Gasteiger partial charge in [-0.3, -0.25) is 4.90 Å². The number of nitrogens with zero attached hydrogens (tertiary/aromatic N) is 5. The average molecular weight is 371 g/mol. The summed E-state index contributed by atoms with van der Waals surface area (Å²) in [4.78, 5) is 11.0. The zero-order valence-corrected chi connectivity index (χ0v) is 14.5. The molecule has 5 rings (SSSR count). The summed E-state index contributed by atoms with van der Waals surface area (Å²) in [6.45, 7) is 3.27. The van der Waals surface area contributed by atoms with Crippen LogP contribution in [0.15, 0.2) is 24.4 Å². The number of halogens is 1. The Morgan fingerprint density at radius 3 is 3.00 bits per heavy atom. The number of rotatable bonds is 0. The van der Waals surface area contributed by atoms with Crippen LogP contribution in [-0.2, 0) is 11.2 Å². The molecule has 0 amide bonds. The molecular weight excluding hydrogens is 353 g/mol. The molecule has 1 saturated heterocycles. The Bertz CT molecular complexity index is 1010. The first-order valence-corrected chi connectivity index (χ1v) is 8.88. The van der Waals surface area contributed by atoms with Gasteiger partial charge in [-0.2, -0.15) is 10.1 Å². The van der Waals surface area contributed by atoms with Crippen molar-refractivity contribution in [2.75, 3.05) is 32.8 Å². The standard InChI is InChI=1S/C18H18FN5O3/c19-11-1-2-14-15(7-11)27-6-4-23-3-5-26-12(10-23)8-16-21-17-13(18(25)22-16)9-20-24(14)17/h1-2,7,9,12H,3-6,8,10H2,(H,21,22,25). The van der Waals surface area contributed by atoms with Crippen molar-refractivity contribution in [2.24, 2.45) is 0 Å². The number of morpholine rings is 1. The molecule has 3 aromatic rings. The molecule has 2 aliphatic rings. The smallest absolute Gasteiger partial charge is 0.225 e. The number of hydrogen-bond donors (Lipinski definition) is 1. The van der Waals surface area contributed by atoms with Crippen molar-refractivity contribution >= 4 is 11.0 Å². The van der Waals surface area contributed by atoms with Crippen molar-refractivity contribution in [1.29, 1.82) is 0 Å². The van der Waals surface area contributed by atoms with E-state index in [-0.39, 0.29) is 17.8 Å². The first-order valence-electron chi connectivity index (χ1n) is 8.88. The molecule has 1 fully saturated rings. The number of aromatic nitrogens is 4. The molecule has 2 unspecified atom stereocenters. The fourth-order valence-electron chi connectivity index (χ4n) is 3.58. The van der Waals surface area contributed by atoms with Gasteiger partial charge in [0.1, 0.15) is 35.1 Å². The summed E-state index contributed by atoms with van der Waals surface area (Å²) >= 11 is 0. The van der Waals surface area contributed by atoms with Crippen LogP contribution in [0.4, 0.5) is 4.39 Å². The van der Waals surface area contributed by atoms with Gasteiger partial charge in [-0.1, -0.05) is 0 Å². The van der Waals surface area contributed by atoms with E-state index in [1.54, 1.807) is 10.7 Å². The minimum absolute atomic E-state index is 0.0625. The second kappa shape index (κ2) is 6.43. The fraction of sp³-hybridized carbons (Fsp3) is 0.389. The zero-order valence-electron chi connectivity index (χ0n) is 14.5. The highest BCUT2D eigenvalue weighted by atomic mass is 19.1. The van der Waals surface area contributed by atoms with Gasteiger partial charge in [-0.15, -0.1) is 0 Å². The Morgan fingerprint density at radius 1 is 1.19 bits per heavy atom. The van der Waals surface area contributed by atoms with E-state index in [9.17, 15) is 9.50 Å². The van der Waals surface area contributed by atoms with Crippen molar-refractivity contribution in [3.8, 4) is 17.3 Å². The second-order valence-corrected chi connectivity index (χ2v) is 6.72. The van der Waals surface area contributed by atoms with E-state index in [1.807, 2.05) is 0 Å². The third kappa shape index (κ3) is 2.98. The van der Waals surface area contributed by atoms with E-state index < -0.39 is 0 Å². The monoisotopic (exact) mass is 371 g/mol. The van der Waals surface area contributed by atoms with Crippen LogP contribution in [0, 0.1) is 5.82 Å². The molecule has 9 heteroatoms. The molecule has 4 bridgehead atoms. The maximum absolute atomic E-state index is 13.8. The quantitative estimate of drug-likeness (QED) is 0.637. The largest absolute Gasteiger partial charge is 0.493 e. The van der Waals surface area contributed by atoms with Crippen LogP contribution in [0.3, 0.4) is 0 Å². The lowest BCUT2D eigenvalue weighted by Gasteiger charge is -2.32. The lowest BCUT2D eigenvalue weighted by atomic mass is 10.2. The third-order valence-electron chi connectivity index (χ3n) is 4.90. The Balaban J connectivity index is 1.69. The molecule has 27 heavy (non-hydrogen) atoms. The maximum Gasteiger partial charge on any atom is 0.225 e. The molecule has 140 valence electrons. The van der Waals surface area contributed by atoms with Gasteiger partial charge in [0.15, 0.2) is 5.65 Å². The molecular formula is C18H18FN5O3. The van der Waals surface area contributed by atoms with Crippen LogP contribution in [0.2, 0.25) is 0 Å². The van der Waals surface area contributed by atoms with Crippen LogP contribution in [0.25, 0.3) is 16.7 Å². The summed E-state index contributed by atoms with van der Waals surface area (Å²) < 4.78 is 27.1. The topological polar surface area (TPSA) is 85.5 Å². The Labute approximate surface area is 154 Å². The van der Waals surface area contributed by atoms with Crippen molar-refractivity contribution in [1.82, 2.24) is 24.6 Å². The van der Waals surface area contributed by atoms with Crippen LogP contribution < -0.4 is 4.74 Å². The molecule has 2 atom stereocenters. The van der Waals surface area contributed by atoms with Gasteiger partial charge in [0.05, 0.1) is 18.9 Å². The molecule has 0 aliphatic carbocycles. The van der Waals surface area contributed by atoms with Crippen molar-refractivity contribution in [2.45, 2.75) is 12.5 Å². The summed E-state index contributed by atoms with van der Waals surface area (Å²) in [6.07, 6.45) is 1.92. The van der Waals surface area contributed by atoms with Crippen LogP contribution in [0.5, 0.6) is 11.6 Å². The third-order valence-corrected chi connectivity index (χ3v) is 4.90. The summed E-state index contributed by atoms with van der Waals surface area (Å²) in [7, 11) is 0. The summed E-state index contributed by atoms with van der Waals surface area (Å²) in [5.41, 5.74) is 1.00. The number of fused-ring (bicyclic) bond motifs is 5. The molecule has 1 N–H and O–H groups in total. The van der Waals surface area contributed by atoms with Crippen molar-refractivity contribution in [3.05, 3.63) is 36.0 Å². The van der Waals surface area contributed by atoms with Crippen molar-refractivity contribution < 1.29 is 19.0 Å². The van der Waals surface area contributed by atoms with E-state index in [1.165, 1.54) is 18.3 Å². The fourth-order valence-corrected chi connectivity index (χ4v) is 3.58. The first kappa shape index (κ1) is 16.4. The van der Waals surface area contributed by atoms with E-state index in [0.29, 0.717) is 54.5 Å².